The Morgan fingerprint density at radius 3 is 1.54 bits per heavy atom. The van der Waals surface area contributed by atoms with Gasteiger partial charge in [-0.1, -0.05) is 103 Å². The molecule has 0 bridgehead atoms. The van der Waals surface area contributed by atoms with Crippen LogP contribution in [-0.2, 0) is 42.9 Å². The van der Waals surface area contributed by atoms with Gasteiger partial charge in [0.15, 0.2) is 13.1 Å². The fourth-order valence-electron chi connectivity index (χ4n) is 6.51. The second kappa shape index (κ2) is 34.7. The number of nitrogens with zero attached hydrogens (tertiary/aromatic N) is 2. The molecule has 0 amide bonds. The van der Waals surface area contributed by atoms with Crippen molar-refractivity contribution in [2.75, 3.05) is 87.4 Å². The van der Waals surface area contributed by atoms with Gasteiger partial charge in [-0.3, -0.25) is 9.59 Å². The van der Waals surface area contributed by atoms with Gasteiger partial charge in [-0.15, -0.1) is 0 Å². The Morgan fingerprint density at radius 2 is 0.982 bits per heavy atom. The number of carbonyl (C=O) groups is 4. The molecule has 0 aromatic rings. The summed E-state index contributed by atoms with van der Waals surface area (Å²) in [5.74, 6) is -0.952. The molecule has 2 atom stereocenters. The lowest BCUT2D eigenvalue weighted by atomic mass is 9.99. The van der Waals surface area contributed by atoms with Gasteiger partial charge in [0.05, 0.1) is 54.1 Å². The predicted octanol–water partition coefficient (Wildman–Crippen LogP) is 7.70. The van der Waals surface area contributed by atoms with Crippen molar-refractivity contribution in [2.45, 2.75) is 174 Å². The van der Waals surface area contributed by atoms with Crippen molar-refractivity contribution < 1.29 is 56.9 Å². The molecule has 12 nitrogen and oxygen atoms in total. The zero-order chi connectivity index (χ0) is 41.9. The average Bonchev–Trinajstić information content (AvgIpc) is 3.11. The van der Waals surface area contributed by atoms with Crippen molar-refractivity contribution in [3.05, 3.63) is 0 Å². The van der Waals surface area contributed by atoms with E-state index in [4.69, 9.17) is 23.7 Å². The molecule has 2 unspecified atom stereocenters. The number of carbonyl (C=O) groups excluding carboxylic acids is 4. The summed E-state index contributed by atoms with van der Waals surface area (Å²) in [6.07, 6.45) is 20.2. The van der Waals surface area contributed by atoms with Crippen LogP contribution in [0.3, 0.4) is 0 Å². The summed E-state index contributed by atoms with van der Waals surface area (Å²) in [4.78, 5) is 48.3. The van der Waals surface area contributed by atoms with Crippen molar-refractivity contribution in [1.82, 2.24) is 0 Å². The van der Waals surface area contributed by atoms with Crippen LogP contribution in [0, 0.1) is 0 Å². The highest BCUT2D eigenvalue weighted by Crippen LogP contribution is 2.19. The van der Waals surface area contributed by atoms with Gasteiger partial charge in [0.25, 0.3) is 0 Å². The van der Waals surface area contributed by atoms with E-state index in [-0.39, 0.29) is 37.0 Å². The molecule has 0 fully saturated rings. The minimum atomic E-state index is -0.705. The van der Waals surface area contributed by atoms with Crippen LogP contribution in [0.2, 0.25) is 0 Å². The van der Waals surface area contributed by atoms with E-state index >= 15 is 0 Å². The Bertz CT molecular complexity index is 1010. The highest BCUT2D eigenvalue weighted by molar-refractivity contribution is 5.71. The SMILES string of the molecule is CCCCCCCCC(OC(=O)C[N+](C)(C)CCOC(C)=O)C(O)CCCCCCCC(=O)OCCCCCCCCCCOC(=O)C[N+](C)(C)CCOCC. The first kappa shape index (κ1) is 53.7. The Labute approximate surface area is 341 Å². The zero-order valence-corrected chi connectivity index (χ0v) is 37.1. The van der Waals surface area contributed by atoms with Gasteiger partial charge in [0, 0.05) is 20.0 Å². The smallest absolute Gasteiger partial charge is 0.362 e. The van der Waals surface area contributed by atoms with Gasteiger partial charge in [-0.2, -0.15) is 0 Å². The van der Waals surface area contributed by atoms with Crippen molar-refractivity contribution >= 4 is 23.9 Å². The van der Waals surface area contributed by atoms with Crippen LogP contribution in [0.15, 0.2) is 0 Å². The van der Waals surface area contributed by atoms with Gasteiger partial charge in [0.1, 0.15) is 25.8 Å². The third-order valence-electron chi connectivity index (χ3n) is 10.2. The Morgan fingerprint density at radius 1 is 0.518 bits per heavy atom. The minimum absolute atomic E-state index is 0.123. The summed E-state index contributed by atoms with van der Waals surface area (Å²) in [6, 6.07) is 0. The van der Waals surface area contributed by atoms with Crippen LogP contribution in [0.25, 0.3) is 0 Å². The highest BCUT2D eigenvalue weighted by atomic mass is 16.6. The molecule has 0 aliphatic heterocycles. The number of unbranched alkanes of at least 4 members (excludes halogenated alkanes) is 16. The van der Waals surface area contributed by atoms with Crippen molar-refractivity contribution in [2.24, 2.45) is 0 Å². The third kappa shape index (κ3) is 34.9. The van der Waals surface area contributed by atoms with E-state index in [0.29, 0.717) is 67.7 Å². The summed E-state index contributed by atoms with van der Waals surface area (Å²) in [7, 11) is 7.83. The molecule has 0 heterocycles. The quantitative estimate of drug-likeness (QED) is 0.0285. The molecule has 12 heteroatoms. The number of rotatable bonds is 39. The second-order valence-electron chi connectivity index (χ2n) is 16.9. The molecule has 0 saturated heterocycles. The zero-order valence-electron chi connectivity index (χ0n) is 37.1. The van der Waals surface area contributed by atoms with E-state index in [1.165, 1.54) is 39.0 Å². The first-order chi connectivity index (χ1) is 26.7. The topological polar surface area (TPSA) is 135 Å². The van der Waals surface area contributed by atoms with Crippen molar-refractivity contribution in [3.63, 3.8) is 0 Å². The molecular weight excluding hydrogens is 716 g/mol. The van der Waals surface area contributed by atoms with E-state index in [0.717, 1.165) is 96.4 Å². The first-order valence-electron chi connectivity index (χ1n) is 22.2. The number of aliphatic hydroxyl groups excluding tert-OH is 1. The van der Waals surface area contributed by atoms with E-state index in [9.17, 15) is 24.3 Å². The first-order valence-corrected chi connectivity index (χ1v) is 22.2. The van der Waals surface area contributed by atoms with Gasteiger partial charge < -0.3 is 37.8 Å². The van der Waals surface area contributed by atoms with Gasteiger partial charge in [-0.05, 0) is 45.4 Å². The summed E-state index contributed by atoms with van der Waals surface area (Å²) in [6.45, 7) is 9.87. The monoisotopic (exact) mass is 803 g/mol. The lowest BCUT2D eigenvalue weighted by molar-refractivity contribution is -0.883. The predicted molar refractivity (Wildman–Crippen MR) is 222 cm³/mol. The maximum Gasteiger partial charge on any atom is 0.362 e. The number of quaternary nitrogens is 2. The second-order valence-corrected chi connectivity index (χ2v) is 16.9. The van der Waals surface area contributed by atoms with Crippen molar-refractivity contribution in [1.29, 1.82) is 0 Å². The standard InChI is InChI=1S/C44H86N2O10/c1-8-10-11-12-19-24-29-41(56-44(51)38-46(6,7)32-36-53-39(3)47)40(48)28-23-18-17-20-25-30-42(49)54-33-26-21-15-13-14-16-22-27-34-55-43(50)37-45(4,5)31-35-52-9-2/h40-41,48H,8-38H2,1-7H3/q+2. The molecule has 0 aliphatic carbocycles. The molecule has 1 N–H and O–H groups in total. The Balaban J connectivity index is 4.04. The van der Waals surface area contributed by atoms with Crippen molar-refractivity contribution in [3.8, 4) is 0 Å². The summed E-state index contributed by atoms with van der Waals surface area (Å²) in [5, 5.41) is 11.0. The van der Waals surface area contributed by atoms with Crippen LogP contribution in [0.4, 0.5) is 0 Å². The molecule has 0 radical (unpaired) electrons. The summed E-state index contributed by atoms with van der Waals surface area (Å²) >= 11 is 0. The molecule has 330 valence electrons. The van der Waals surface area contributed by atoms with E-state index in [1.807, 2.05) is 35.1 Å². The molecule has 56 heavy (non-hydrogen) atoms. The van der Waals surface area contributed by atoms with Crippen LogP contribution in [0.1, 0.15) is 162 Å². The van der Waals surface area contributed by atoms with Gasteiger partial charge in [-0.25, -0.2) is 9.59 Å². The van der Waals surface area contributed by atoms with Gasteiger partial charge in [0.2, 0.25) is 0 Å². The number of hydrogen-bond donors (Lipinski definition) is 1. The van der Waals surface area contributed by atoms with E-state index in [2.05, 4.69) is 6.92 Å². The highest BCUT2D eigenvalue weighted by Gasteiger charge is 2.28. The van der Waals surface area contributed by atoms with Gasteiger partial charge >= 0.3 is 23.9 Å². The minimum Gasteiger partial charge on any atom is -0.466 e. The molecule has 0 aliphatic rings. The average molecular weight is 803 g/mol. The fourth-order valence-corrected chi connectivity index (χ4v) is 6.51. The molecular formula is C44H86N2O10+2. The number of hydrogen-bond acceptors (Lipinski definition) is 10. The van der Waals surface area contributed by atoms with E-state index < -0.39 is 12.2 Å². The van der Waals surface area contributed by atoms with E-state index in [1.54, 1.807) is 0 Å². The number of likely N-dealkylation sites (N-methyl/N-ethyl adjacent to an activating group) is 2. The van der Waals surface area contributed by atoms with Crippen LogP contribution < -0.4 is 0 Å². The lowest BCUT2D eigenvalue weighted by Gasteiger charge is -2.30. The fraction of sp³-hybridized carbons (Fsp3) is 0.909. The normalized spacial score (nSPS) is 12.9. The summed E-state index contributed by atoms with van der Waals surface area (Å²) < 4.78 is 28.1. The number of aliphatic hydroxyl groups is 1. The summed E-state index contributed by atoms with van der Waals surface area (Å²) in [5.41, 5.74) is 0. The largest absolute Gasteiger partial charge is 0.466 e. The molecule has 0 rings (SSSR count). The molecule has 0 aromatic heterocycles. The van der Waals surface area contributed by atoms with Crippen LogP contribution in [-0.4, -0.2) is 138 Å². The molecule has 0 spiro atoms. The maximum atomic E-state index is 12.9. The third-order valence-corrected chi connectivity index (χ3v) is 10.2. The Hall–Kier alpha value is -2.28. The molecule has 0 saturated carbocycles. The lowest BCUT2D eigenvalue weighted by Crippen LogP contribution is -2.47. The van der Waals surface area contributed by atoms with Crippen LogP contribution >= 0.6 is 0 Å². The number of ether oxygens (including phenoxy) is 5. The number of esters is 4. The van der Waals surface area contributed by atoms with Crippen LogP contribution in [0.5, 0.6) is 0 Å². The maximum absolute atomic E-state index is 12.9. The molecule has 0 aromatic carbocycles. The Kier molecular flexibility index (Phi) is 33.3.